The minimum absolute atomic E-state index is 0.0333. The molecule has 1 heterocycles. The van der Waals surface area contributed by atoms with Crippen molar-refractivity contribution in [1.82, 2.24) is 4.90 Å². The highest BCUT2D eigenvalue weighted by Gasteiger charge is 2.34. The molecule has 1 aliphatic rings. The zero-order valence-electron chi connectivity index (χ0n) is 21.4. The Morgan fingerprint density at radius 2 is 1.78 bits per heavy atom. The van der Waals surface area contributed by atoms with Crippen LogP contribution in [0.15, 0.2) is 18.2 Å². The predicted molar refractivity (Wildman–Crippen MR) is 133 cm³/mol. The number of rotatable bonds is 9. The summed E-state index contributed by atoms with van der Waals surface area (Å²) in [6, 6.07) is 4.60. The topological polar surface area (TPSA) is 115 Å². The standard InChI is InChI=1S/C25H31FN2O7S/c1-8-34-19-10-14(9-16(25(2,3)4)22(19)35-36(7,30)31)17(29)13-28-12-15-11-18(32-5)23(33-6)21(26)20(15)24(28)27/h9-11,27H,8,12-13H2,1-7H3. The number of fused-ring (bicyclic) bond motifs is 1. The van der Waals surface area contributed by atoms with Crippen molar-refractivity contribution < 1.29 is 36.0 Å². The highest BCUT2D eigenvalue weighted by molar-refractivity contribution is 7.86. The Morgan fingerprint density at radius 3 is 2.31 bits per heavy atom. The summed E-state index contributed by atoms with van der Waals surface area (Å²) in [4.78, 5) is 14.8. The van der Waals surface area contributed by atoms with Gasteiger partial charge in [-0.05, 0) is 36.1 Å². The molecule has 9 nitrogen and oxygen atoms in total. The van der Waals surface area contributed by atoms with Crippen molar-refractivity contribution in [3.05, 3.63) is 46.3 Å². The lowest BCUT2D eigenvalue weighted by Gasteiger charge is -2.25. The molecule has 36 heavy (non-hydrogen) atoms. The van der Waals surface area contributed by atoms with Crippen molar-refractivity contribution in [3.8, 4) is 23.0 Å². The summed E-state index contributed by atoms with van der Waals surface area (Å²) >= 11 is 0. The molecule has 0 amide bonds. The van der Waals surface area contributed by atoms with Gasteiger partial charge < -0.3 is 23.3 Å². The number of methoxy groups -OCH3 is 2. The van der Waals surface area contributed by atoms with E-state index >= 15 is 4.39 Å². The molecule has 0 atom stereocenters. The van der Waals surface area contributed by atoms with Gasteiger partial charge in [-0.2, -0.15) is 8.42 Å². The molecule has 1 N–H and O–H groups in total. The minimum atomic E-state index is -3.86. The number of ketones is 1. The first-order chi connectivity index (χ1) is 16.7. The molecule has 2 aromatic rings. The fraction of sp³-hybridized carbons (Fsp3) is 0.440. The van der Waals surface area contributed by atoms with Gasteiger partial charge in [-0.15, -0.1) is 0 Å². The Morgan fingerprint density at radius 1 is 1.11 bits per heavy atom. The molecule has 0 radical (unpaired) electrons. The second kappa shape index (κ2) is 9.96. The Kier molecular flexibility index (Phi) is 7.54. The number of hydrogen-bond acceptors (Lipinski definition) is 8. The third-order valence-corrected chi connectivity index (χ3v) is 6.13. The summed E-state index contributed by atoms with van der Waals surface area (Å²) in [5.41, 5.74) is 0.703. The van der Waals surface area contributed by atoms with E-state index in [1.165, 1.54) is 25.2 Å². The van der Waals surface area contributed by atoms with Crippen molar-refractivity contribution in [2.24, 2.45) is 0 Å². The Hall–Kier alpha value is -3.34. The number of Topliss-reactive ketones (excluding diaryl/α,β-unsaturated/α-hetero) is 1. The molecule has 0 fully saturated rings. The van der Waals surface area contributed by atoms with Crippen LogP contribution in [0.3, 0.4) is 0 Å². The summed E-state index contributed by atoms with van der Waals surface area (Å²) in [5, 5.41) is 8.49. The molecule has 0 spiro atoms. The number of benzene rings is 2. The van der Waals surface area contributed by atoms with E-state index in [0.717, 1.165) is 6.26 Å². The van der Waals surface area contributed by atoms with E-state index in [0.29, 0.717) is 11.1 Å². The van der Waals surface area contributed by atoms with E-state index in [4.69, 9.17) is 23.8 Å². The highest BCUT2D eigenvalue weighted by atomic mass is 32.2. The molecule has 0 unspecified atom stereocenters. The van der Waals surface area contributed by atoms with E-state index in [2.05, 4.69) is 0 Å². The summed E-state index contributed by atoms with van der Waals surface area (Å²) in [7, 11) is -1.16. The van der Waals surface area contributed by atoms with E-state index < -0.39 is 21.4 Å². The van der Waals surface area contributed by atoms with E-state index in [-0.39, 0.29) is 65.4 Å². The van der Waals surface area contributed by atoms with Gasteiger partial charge in [0.25, 0.3) is 0 Å². The molecule has 11 heteroatoms. The molecule has 2 aromatic carbocycles. The van der Waals surface area contributed by atoms with Gasteiger partial charge in [0, 0.05) is 17.7 Å². The lowest BCUT2D eigenvalue weighted by atomic mass is 9.84. The van der Waals surface area contributed by atoms with Gasteiger partial charge in [0.1, 0.15) is 5.84 Å². The van der Waals surface area contributed by atoms with Crippen LogP contribution >= 0.6 is 0 Å². The maximum Gasteiger partial charge on any atom is 0.306 e. The first-order valence-corrected chi connectivity index (χ1v) is 13.0. The van der Waals surface area contributed by atoms with Gasteiger partial charge in [0.2, 0.25) is 0 Å². The van der Waals surface area contributed by atoms with Crippen LogP contribution in [0.5, 0.6) is 23.0 Å². The minimum Gasteiger partial charge on any atom is -0.493 e. The van der Waals surface area contributed by atoms with Crippen LogP contribution in [-0.4, -0.2) is 58.6 Å². The van der Waals surface area contributed by atoms with Crippen LogP contribution in [0.4, 0.5) is 4.39 Å². The largest absolute Gasteiger partial charge is 0.493 e. The third kappa shape index (κ3) is 5.40. The monoisotopic (exact) mass is 522 g/mol. The Balaban J connectivity index is 2.00. The smallest absolute Gasteiger partial charge is 0.306 e. The van der Waals surface area contributed by atoms with Gasteiger partial charge in [0.15, 0.2) is 34.6 Å². The number of hydrogen-bond donors (Lipinski definition) is 1. The third-order valence-electron chi connectivity index (χ3n) is 5.66. The van der Waals surface area contributed by atoms with Crippen LogP contribution in [0, 0.1) is 11.2 Å². The zero-order chi connectivity index (χ0) is 27.0. The molecule has 3 rings (SSSR count). The number of carbonyl (C=O) groups is 1. The highest BCUT2D eigenvalue weighted by Crippen LogP contribution is 2.42. The van der Waals surface area contributed by atoms with Gasteiger partial charge in [-0.1, -0.05) is 20.8 Å². The fourth-order valence-electron chi connectivity index (χ4n) is 4.04. The normalized spacial score (nSPS) is 13.4. The zero-order valence-corrected chi connectivity index (χ0v) is 22.3. The van der Waals surface area contributed by atoms with Crippen molar-refractivity contribution in [2.45, 2.75) is 39.7 Å². The van der Waals surface area contributed by atoms with E-state index in [1.807, 2.05) is 20.8 Å². The van der Waals surface area contributed by atoms with Crippen molar-refractivity contribution >= 4 is 21.7 Å². The van der Waals surface area contributed by atoms with Gasteiger partial charge in [0.05, 0.1) is 39.2 Å². The Bertz CT molecular complexity index is 1320. The molecule has 1 aliphatic heterocycles. The number of ether oxygens (including phenoxy) is 3. The van der Waals surface area contributed by atoms with Crippen LogP contribution in [-0.2, 0) is 22.1 Å². The lowest BCUT2D eigenvalue weighted by molar-refractivity contribution is 0.0962. The first-order valence-electron chi connectivity index (χ1n) is 11.2. The van der Waals surface area contributed by atoms with Crippen LogP contribution in [0.25, 0.3) is 0 Å². The molecule has 0 bridgehead atoms. The molecular formula is C25H31FN2O7S. The number of amidine groups is 1. The first kappa shape index (κ1) is 27.3. The summed E-state index contributed by atoms with van der Waals surface area (Å²) in [5.74, 6) is -0.967. The maximum atomic E-state index is 15.1. The van der Waals surface area contributed by atoms with Gasteiger partial charge in [-0.25, -0.2) is 4.39 Å². The van der Waals surface area contributed by atoms with Crippen molar-refractivity contribution in [3.63, 3.8) is 0 Å². The fourth-order valence-corrected chi connectivity index (χ4v) is 4.52. The van der Waals surface area contributed by atoms with Crippen LogP contribution in [0.1, 0.15) is 54.7 Å². The second-order valence-corrected chi connectivity index (χ2v) is 11.0. The van der Waals surface area contributed by atoms with Crippen LogP contribution < -0.4 is 18.4 Å². The lowest BCUT2D eigenvalue weighted by Crippen LogP contribution is -2.30. The van der Waals surface area contributed by atoms with Crippen LogP contribution in [0.2, 0.25) is 0 Å². The summed E-state index contributed by atoms with van der Waals surface area (Å²) in [6.07, 6.45) is 0.938. The van der Waals surface area contributed by atoms with Gasteiger partial charge in [-0.3, -0.25) is 10.2 Å². The van der Waals surface area contributed by atoms with Crippen molar-refractivity contribution in [2.75, 3.05) is 33.6 Å². The number of halogens is 1. The summed E-state index contributed by atoms with van der Waals surface area (Å²) < 4.78 is 60.1. The SMILES string of the molecule is CCOc1cc(C(=O)CN2Cc3cc(OC)c(OC)c(F)c3C2=N)cc(C(C)(C)C)c1OS(C)(=O)=O. The van der Waals surface area contributed by atoms with Gasteiger partial charge >= 0.3 is 10.1 Å². The molecule has 0 aliphatic carbocycles. The second-order valence-electron chi connectivity index (χ2n) is 9.41. The predicted octanol–water partition coefficient (Wildman–Crippen LogP) is 3.90. The molecular weight excluding hydrogens is 491 g/mol. The van der Waals surface area contributed by atoms with E-state index in [1.54, 1.807) is 19.1 Å². The Labute approximate surface area is 210 Å². The number of carbonyl (C=O) groups excluding carboxylic acids is 1. The molecule has 0 aromatic heterocycles. The molecule has 0 saturated carbocycles. The van der Waals surface area contributed by atoms with Crippen molar-refractivity contribution in [1.29, 1.82) is 5.41 Å². The number of nitrogens with one attached hydrogen (secondary N) is 1. The summed E-state index contributed by atoms with van der Waals surface area (Å²) in [6.45, 7) is 7.45. The quantitative estimate of drug-likeness (QED) is 0.390. The molecule has 196 valence electrons. The maximum absolute atomic E-state index is 15.1. The molecule has 0 saturated heterocycles. The average Bonchev–Trinajstić information content (AvgIpc) is 3.08. The average molecular weight is 523 g/mol. The van der Waals surface area contributed by atoms with E-state index in [9.17, 15) is 13.2 Å². The number of nitrogens with zero attached hydrogens (tertiary/aromatic N) is 1.